The first-order valence-corrected chi connectivity index (χ1v) is 6.25. The first-order chi connectivity index (χ1) is 6.67. The van der Waals surface area contributed by atoms with Gasteiger partial charge in [-0.05, 0) is 18.8 Å². The minimum absolute atomic E-state index is 0.269. The van der Waals surface area contributed by atoms with Crippen LogP contribution in [0.5, 0.6) is 0 Å². The molecule has 0 aliphatic carbocycles. The first-order valence-electron chi connectivity index (χ1n) is 5.37. The van der Waals surface area contributed by atoms with Crippen molar-refractivity contribution < 1.29 is 0 Å². The van der Waals surface area contributed by atoms with Gasteiger partial charge in [0.2, 0.25) is 0 Å². The van der Waals surface area contributed by atoms with E-state index in [2.05, 4.69) is 31.1 Å². The van der Waals surface area contributed by atoms with Gasteiger partial charge < -0.3 is 5.73 Å². The Bertz CT molecular complexity index is 270. The SMILES string of the molecule is CCC(N)Cc1nc(C(C)CC)cs1. The van der Waals surface area contributed by atoms with Crippen LogP contribution in [0.15, 0.2) is 5.38 Å². The highest BCUT2D eigenvalue weighted by Gasteiger charge is 2.09. The number of nitrogens with zero attached hydrogens (tertiary/aromatic N) is 1. The first kappa shape index (κ1) is 11.7. The van der Waals surface area contributed by atoms with E-state index in [1.54, 1.807) is 11.3 Å². The lowest BCUT2D eigenvalue weighted by Gasteiger charge is -2.05. The third kappa shape index (κ3) is 3.07. The van der Waals surface area contributed by atoms with Crippen LogP contribution in [-0.2, 0) is 6.42 Å². The van der Waals surface area contributed by atoms with Crippen LogP contribution in [0.4, 0.5) is 0 Å². The Kier molecular flexibility index (Phi) is 4.55. The van der Waals surface area contributed by atoms with Gasteiger partial charge in [0, 0.05) is 17.8 Å². The van der Waals surface area contributed by atoms with Crippen LogP contribution in [0.25, 0.3) is 0 Å². The van der Waals surface area contributed by atoms with E-state index in [9.17, 15) is 0 Å². The zero-order valence-electron chi connectivity index (χ0n) is 9.29. The molecule has 0 radical (unpaired) electrons. The molecule has 2 nitrogen and oxygen atoms in total. The van der Waals surface area contributed by atoms with Crippen molar-refractivity contribution in [2.24, 2.45) is 5.73 Å². The van der Waals surface area contributed by atoms with E-state index in [1.165, 1.54) is 10.7 Å². The van der Waals surface area contributed by atoms with Crippen molar-refractivity contribution in [3.8, 4) is 0 Å². The highest BCUT2D eigenvalue weighted by Crippen LogP contribution is 2.21. The molecule has 14 heavy (non-hydrogen) atoms. The van der Waals surface area contributed by atoms with E-state index < -0.39 is 0 Å². The summed E-state index contributed by atoms with van der Waals surface area (Å²) in [5.41, 5.74) is 7.12. The smallest absolute Gasteiger partial charge is 0.0943 e. The van der Waals surface area contributed by atoms with E-state index in [-0.39, 0.29) is 6.04 Å². The molecule has 1 heterocycles. The minimum atomic E-state index is 0.269. The summed E-state index contributed by atoms with van der Waals surface area (Å²) in [7, 11) is 0. The van der Waals surface area contributed by atoms with Crippen molar-refractivity contribution >= 4 is 11.3 Å². The zero-order valence-corrected chi connectivity index (χ0v) is 10.1. The number of rotatable bonds is 5. The lowest BCUT2D eigenvalue weighted by Crippen LogP contribution is -2.21. The molecule has 0 aliphatic rings. The Balaban J connectivity index is 2.59. The molecule has 2 atom stereocenters. The van der Waals surface area contributed by atoms with Crippen molar-refractivity contribution in [3.63, 3.8) is 0 Å². The van der Waals surface area contributed by atoms with Gasteiger partial charge in [0.1, 0.15) is 0 Å². The molecule has 0 aromatic carbocycles. The van der Waals surface area contributed by atoms with Gasteiger partial charge in [0.15, 0.2) is 0 Å². The topological polar surface area (TPSA) is 38.9 Å². The second kappa shape index (κ2) is 5.47. The maximum atomic E-state index is 5.89. The molecular weight excluding hydrogens is 192 g/mol. The molecule has 2 unspecified atom stereocenters. The number of hydrogen-bond donors (Lipinski definition) is 1. The Hall–Kier alpha value is -0.410. The second-order valence-corrected chi connectivity index (χ2v) is 4.79. The number of aromatic nitrogens is 1. The monoisotopic (exact) mass is 212 g/mol. The molecule has 0 spiro atoms. The van der Waals surface area contributed by atoms with Crippen LogP contribution in [0, 0.1) is 0 Å². The third-order valence-electron chi connectivity index (χ3n) is 2.65. The van der Waals surface area contributed by atoms with E-state index in [0.717, 1.165) is 19.3 Å². The molecule has 0 amide bonds. The van der Waals surface area contributed by atoms with Crippen molar-refractivity contribution in [1.29, 1.82) is 0 Å². The van der Waals surface area contributed by atoms with Crippen LogP contribution >= 0.6 is 11.3 Å². The van der Waals surface area contributed by atoms with Gasteiger partial charge in [-0.2, -0.15) is 0 Å². The quantitative estimate of drug-likeness (QED) is 0.815. The summed E-state index contributed by atoms with van der Waals surface area (Å²) >= 11 is 1.75. The molecule has 0 bridgehead atoms. The minimum Gasteiger partial charge on any atom is -0.327 e. The summed E-state index contributed by atoms with van der Waals surface area (Å²) in [6, 6.07) is 0.269. The highest BCUT2D eigenvalue weighted by atomic mass is 32.1. The lowest BCUT2D eigenvalue weighted by molar-refractivity contribution is 0.638. The summed E-state index contributed by atoms with van der Waals surface area (Å²) in [6.45, 7) is 6.54. The van der Waals surface area contributed by atoms with E-state index in [1.807, 2.05) is 0 Å². The van der Waals surface area contributed by atoms with Crippen LogP contribution in [-0.4, -0.2) is 11.0 Å². The average molecular weight is 212 g/mol. The van der Waals surface area contributed by atoms with Crippen molar-refractivity contribution in [1.82, 2.24) is 4.98 Å². The van der Waals surface area contributed by atoms with Crippen molar-refractivity contribution in [3.05, 3.63) is 16.1 Å². The van der Waals surface area contributed by atoms with Crippen LogP contribution < -0.4 is 5.73 Å². The van der Waals surface area contributed by atoms with Gasteiger partial charge in [-0.1, -0.05) is 20.8 Å². The van der Waals surface area contributed by atoms with Gasteiger partial charge in [0.25, 0.3) is 0 Å². The lowest BCUT2D eigenvalue weighted by atomic mass is 10.1. The standard InChI is InChI=1S/C11H20N2S/c1-4-8(3)10-7-14-11(13-10)6-9(12)5-2/h7-9H,4-6,12H2,1-3H3. The molecule has 2 N–H and O–H groups in total. The van der Waals surface area contributed by atoms with Gasteiger partial charge in [0.05, 0.1) is 10.7 Å². The van der Waals surface area contributed by atoms with Gasteiger partial charge in [-0.3, -0.25) is 0 Å². The number of thiazole rings is 1. The largest absolute Gasteiger partial charge is 0.327 e. The summed E-state index contributed by atoms with van der Waals surface area (Å²) in [5.74, 6) is 0.581. The summed E-state index contributed by atoms with van der Waals surface area (Å²) < 4.78 is 0. The molecule has 3 heteroatoms. The van der Waals surface area contributed by atoms with Gasteiger partial charge in [-0.25, -0.2) is 4.98 Å². The Labute approximate surface area is 90.6 Å². The fraction of sp³-hybridized carbons (Fsp3) is 0.727. The fourth-order valence-corrected chi connectivity index (χ4v) is 2.23. The zero-order chi connectivity index (χ0) is 10.6. The molecule has 0 saturated heterocycles. The summed E-state index contributed by atoms with van der Waals surface area (Å²) in [4.78, 5) is 4.61. The van der Waals surface area contributed by atoms with Gasteiger partial charge >= 0.3 is 0 Å². The Morgan fingerprint density at radius 3 is 2.71 bits per heavy atom. The Morgan fingerprint density at radius 2 is 2.14 bits per heavy atom. The highest BCUT2D eigenvalue weighted by molar-refractivity contribution is 7.09. The predicted molar refractivity (Wildman–Crippen MR) is 62.8 cm³/mol. The maximum Gasteiger partial charge on any atom is 0.0943 e. The summed E-state index contributed by atoms with van der Waals surface area (Å²) in [5, 5.41) is 3.36. The van der Waals surface area contributed by atoms with E-state index in [0.29, 0.717) is 5.92 Å². The molecule has 1 aromatic heterocycles. The molecule has 0 saturated carbocycles. The summed E-state index contributed by atoms with van der Waals surface area (Å²) in [6.07, 6.45) is 3.11. The van der Waals surface area contributed by atoms with E-state index in [4.69, 9.17) is 5.73 Å². The average Bonchev–Trinajstić information content (AvgIpc) is 2.65. The van der Waals surface area contributed by atoms with E-state index >= 15 is 0 Å². The molecule has 80 valence electrons. The maximum absolute atomic E-state index is 5.89. The fourth-order valence-electron chi connectivity index (χ4n) is 1.22. The third-order valence-corrected chi connectivity index (χ3v) is 3.54. The second-order valence-electron chi connectivity index (χ2n) is 3.85. The molecule has 0 aliphatic heterocycles. The molecule has 1 rings (SSSR count). The van der Waals surface area contributed by atoms with Crippen molar-refractivity contribution in [2.45, 2.75) is 52.0 Å². The molecule has 0 fully saturated rings. The van der Waals surface area contributed by atoms with Crippen LogP contribution in [0.2, 0.25) is 0 Å². The number of hydrogen-bond acceptors (Lipinski definition) is 3. The van der Waals surface area contributed by atoms with Crippen LogP contribution in [0.3, 0.4) is 0 Å². The molecular formula is C11H20N2S. The molecule has 1 aromatic rings. The van der Waals surface area contributed by atoms with Crippen molar-refractivity contribution in [2.75, 3.05) is 0 Å². The normalized spacial score (nSPS) is 15.4. The van der Waals surface area contributed by atoms with Crippen LogP contribution in [0.1, 0.15) is 50.2 Å². The predicted octanol–water partition coefficient (Wildman–Crippen LogP) is 2.94. The van der Waals surface area contributed by atoms with Gasteiger partial charge in [-0.15, -0.1) is 11.3 Å². The number of nitrogens with two attached hydrogens (primary N) is 1. The Morgan fingerprint density at radius 1 is 1.43 bits per heavy atom.